The molecule has 13 rings (SSSR count). The van der Waals surface area contributed by atoms with Crippen LogP contribution in [0, 0.1) is 0 Å². The van der Waals surface area contributed by atoms with Crippen LogP contribution in [0.3, 0.4) is 0 Å². The Morgan fingerprint density at radius 2 is 0.923 bits per heavy atom. The summed E-state index contributed by atoms with van der Waals surface area (Å²) in [5.41, 5.74) is 2.97. The minimum absolute atomic E-state index is 0.0781. The molecule has 0 spiro atoms. The topological polar surface area (TPSA) is 204 Å². The zero-order chi connectivity index (χ0) is 54.5. The van der Waals surface area contributed by atoms with Crippen LogP contribution in [0.25, 0.3) is 50.6 Å². The molecule has 3 aliphatic carbocycles. The summed E-state index contributed by atoms with van der Waals surface area (Å²) in [6.07, 6.45) is -4.20. The Hall–Kier alpha value is -8.72. The summed E-state index contributed by atoms with van der Waals surface area (Å²) < 4.78 is 145. The Kier molecular flexibility index (Phi) is 13.4. The summed E-state index contributed by atoms with van der Waals surface area (Å²) in [5.74, 6) is -0.914. The predicted octanol–water partition coefficient (Wildman–Crippen LogP) is 10.8. The van der Waals surface area contributed by atoms with Crippen LogP contribution in [0.15, 0.2) is 85.7 Å². The number of para-hydroxylation sites is 2. The van der Waals surface area contributed by atoms with Gasteiger partial charge in [0, 0.05) is 29.9 Å². The van der Waals surface area contributed by atoms with E-state index >= 15 is 0 Å². The number of nitrogens with zero attached hydrogens (tertiary/aromatic N) is 12. The van der Waals surface area contributed by atoms with E-state index in [1.807, 2.05) is 13.8 Å². The maximum Gasteiger partial charge on any atom is 0.451 e. The van der Waals surface area contributed by atoms with Crippen molar-refractivity contribution in [3.63, 3.8) is 0 Å². The number of halogens is 9. The molecule has 0 unspecified atom stereocenters. The van der Waals surface area contributed by atoms with E-state index in [2.05, 4.69) is 60.8 Å². The molecule has 3 fully saturated rings. The number of ether oxygens (including phenoxy) is 4. The predicted molar refractivity (Wildman–Crippen MR) is 263 cm³/mol. The molecule has 0 radical (unpaired) electrons. The molecule has 19 nitrogen and oxygen atoms in total. The molecule has 406 valence electrons. The van der Waals surface area contributed by atoms with Crippen molar-refractivity contribution in [3.8, 4) is 40.1 Å². The summed E-state index contributed by atoms with van der Waals surface area (Å²) in [4.78, 5) is 34.9. The molecule has 28 heteroatoms. The second-order valence-corrected chi connectivity index (χ2v) is 18.2. The van der Waals surface area contributed by atoms with Gasteiger partial charge in [-0.15, -0.1) is 0 Å². The molecule has 4 aliphatic rings. The molecule has 0 saturated heterocycles. The molecule has 3 saturated carbocycles. The molecule has 0 atom stereocenters. The number of imidazole rings is 3. The highest BCUT2D eigenvalue weighted by Gasteiger charge is 2.40. The number of hydrogen-bond donors (Lipinski definition) is 3. The Bertz CT molecular complexity index is 3650. The fourth-order valence-electron chi connectivity index (χ4n) is 8.04. The second-order valence-electron chi connectivity index (χ2n) is 18.2. The number of hydrogen-bond acceptors (Lipinski definition) is 16. The first-order chi connectivity index (χ1) is 37.4. The lowest BCUT2D eigenvalue weighted by atomic mass is 10.2. The first kappa shape index (κ1) is 51.4. The molecule has 1 aliphatic heterocycles. The summed E-state index contributed by atoms with van der Waals surface area (Å²) in [7, 11) is 0. The van der Waals surface area contributed by atoms with Crippen LogP contribution in [-0.2, 0) is 18.5 Å². The van der Waals surface area contributed by atoms with E-state index in [-0.39, 0.29) is 59.3 Å². The van der Waals surface area contributed by atoms with Gasteiger partial charge in [-0.05, 0) is 101 Å². The van der Waals surface area contributed by atoms with Crippen LogP contribution in [0.5, 0.6) is 23.0 Å². The third-order valence-electron chi connectivity index (χ3n) is 12.2. The fourth-order valence-corrected chi connectivity index (χ4v) is 8.04. The Morgan fingerprint density at radius 3 is 1.38 bits per heavy atom. The van der Waals surface area contributed by atoms with Crippen molar-refractivity contribution in [1.82, 2.24) is 58.6 Å². The van der Waals surface area contributed by atoms with Crippen LogP contribution in [0.1, 0.15) is 69.8 Å². The highest BCUT2D eigenvalue weighted by Crippen LogP contribution is 2.39. The Morgan fingerprint density at radius 1 is 0.500 bits per heavy atom. The quantitative estimate of drug-likeness (QED) is 0.0919. The van der Waals surface area contributed by atoms with Crippen LogP contribution in [-0.4, -0.2) is 96.7 Å². The van der Waals surface area contributed by atoms with Gasteiger partial charge in [-0.1, -0.05) is 12.1 Å². The molecule has 0 bridgehead atoms. The smallest absolute Gasteiger partial charge is 0.451 e. The molecule has 0 amide bonds. The number of anilines is 3. The van der Waals surface area contributed by atoms with Crippen molar-refractivity contribution < 1.29 is 58.5 Å². The molecular weight excluding hydrogens is 1050 g/mol. The highest BCUT2D eigenvalue weighted by atomic mass is 19.4. The normalized spacial score (nSPS) is 15.2. The second kappa shape index (κ2) is 20.3. The number of nitrogens with one attached hydrogen (secondary N) is 3. The van der Waals surface area contributed by atoms with E-state index in [4.69, 9.17) is 18.9 Å². The van der Waals surface area contributed by atoms with Crippen molar-refractivity contribution in [1.29, 1.82) is 0 Å². The Labute approximate surface area is 435 Å². The van der Waals surface area contributed by atoms with E-state index in [0.717, 1.165) is 38.5 Å². The van der Waals surface area contributed by atoms with Gasteiger partial charge in [0.25, 0.3) is 0 Å². The minimum Gasteiger partial charge on any atom is -0.494 e. The Balaban J connectivity index is 0.000000124. The van der Waals surface area contributed by atoms with Crippen LogP contribution in [0.2, 0.25) is 0 Å². The van der Waals surface area contributed by atoms with Crippen molar-refractivity contribution in [2.24, 2.45) is 0 Å². The zero-order valence-electron chi connectivity index (χ0n) is 41.1. The fraction of sp³-hybridized carbons (Fsp3) is 0.340. The van der Waals surface area contributed by atoms with E-state index < -0.39 is 36.0 Å². The number of aromatic nitrogens is 12. The SMILES string of the molecule is CCOc1ccc(-n2cnc3c(NC4CC4)nc(C(F)(F)F)nc32)cc1.CCOc1ccccc1-n1cnc2c(NC3CC3)nc(C(F)(F)F)nc21.FC(F)(F)c1nc(NC2CC2)c2ncn(-c3ccc4c(c3)OCO4)c2n1. The lowest BCUT2D eigenvalue weighted by Gasteiger charge is -2.13. The lowest BCUT2D eigenvalue weighted by Crippen LogP contribution is -2.15. The maximum absolute atomic E-state index is 13.3. The number of fused-ring (bicyclic) bond motifs is 4. The lowest BCUT2D eigenvalue weighted by molar-refractivity contribution is -0.145. The third-order valence-corrected chi connectivity index (χ3v) is 12.2. The van der Waals surface area contributed by atoms with Crippen molar-refractivity contribution in [2.45, 2.75) is 89.0 Å². The molecule has 3 aromatic carbocycles. The van der Waals surface area contributed by atoms with Gasteiger partial charge in [0.15, 0.2) is 62.4 Å². The van der Waals surface area contributed by atoms with Crippen LogP contribution in [0.4, 0.5) is 57.0 Å². The molecular formula is C50H44F9N15O4. The average molecular weight is 1090 g/mol. The van der Waals surface area contributed by atoms with Crippen molar-refractivity contribution >= 4 is 50.9 Å². The van der Waals surface area contributed by atoms with Crippen molar-refractivity contribution in [3.05, 3.63) is 103 Å². The number of rotatable bonds is 13. The highest BCUT2D eigenvalue weighted by molar-refractivity contribution is 5.87. The summed E-state index contributed by atoms with van der Waals surface area (Å²) in [6.45, 7) is 4.79. The van der Waals surface area contributed by atoms with Gasteiger partial charge in [0.05, 0.1) is 24.6 Å². The van der Waals surface area contributed by atoms with Gasteiger partial charge in [-0.25, -0.2) is 44.9 Å². The number of benzene rings is 3. The minimum atomic E-state index is -4.65. The first-order valence-electron chi connectivity index (χ1n) is 24.5. The summed E-state index contributed by atoms with van der Waals surface area (Å²) in [6, 6.07) is 19.5. The van der Waals surface area contributed by atoms with E-state index in [9.17, 15) is 39.5 Å². The van der Waals surface area contributed by atoms with Crippen molar-refractivity contribution in [2.75, 3.05) is 36.0 Å². The van der Waals surface area contributed by atoms with Gasteiger partial charge in [0.1, 0.15) is 30.5 Å². The van der Waals surface area contributed by atoms with Crippen LogP contribution >= 0.6 is 0 Å². The average Bonchev–Trinajstić information content (AvgIpc) is 4.53. The molecule has 6 aromatic heterocycles. The number of alkyl halides is 9. The van der Waals surface area contributed by atoms with Gasteiger partial charge >= 0.3 is 18.5 Å². The maximum atomic E-state index is 13.3. The first-order valence-corrected chi connectivity index (χ1v) is 24.5. The summed E-state index contributed by atoms with van der Waals surface area (Å²) in [5, 5.41) is 9.04. The molecule has 9 aromatic rings. The monoisotopic (exact) mass is 1090 g/mol. The van der Waals surface area contributed by atoms with E-state index in [0.29, 0.717) is 69.8 Å². The zero-order valence-corrected chi connectivity index (χ0v) is 41.1. The van der Waals surface area contributed by atoms with Gasteiger partial charge in [0.2, 0.25) is 24.3 Å². The van der Waals surface area contributed by atoms with Gasteiger partial charge < -0.3 is 34.9 Å². The standard InChI is InChI=1S/2C17H16F3N5O.C16H12F3N5O2/c1-2-26-12-7-5-11(6-8-12)25-9-21-13-14(22-10-3-4-10)23-16(17(18,19)20)24-15(13)25;1-2-26-12-6-4-3-5-11(12)25-9-21-13-14(22-10-7-8-10)23-16(17(18,19)20)24-15(13)25;17-16(18,19)15-22-13(21-8-1-2-8)12-14(23-15)24(6-20-12)9-3-4-10-11(5-9)26-7-25-10/h5-10H,2-4H2,1H3,(H,22,23,24);3-6,9-10H,2,7-8H2,1H3,(H,22,23,24);3-6,8H,1-2,7H2,(H,21,22,23). The van der Waals surface area contributed by atoms with E-state index in [1.54, 1.807) is 66.7 Å². The van der Waals surface area contributed by atoms with Crippen LogP contribution < -0.4 is 34.9 Å². The third kappa shape index (κ3) is 11.1. The van der Waals surface area contributed by atoms with E-state index in [1.165, 1.54) is 32.7 Å². The summed E-state index contributed by atoms with van der Waals surface area (Å²) >= 11 is 0. The largest absolute Gasteiger partial charge is 0.494 e. The molecule has 7 heterocycles. The van der Waals surface area contributed by atoms with Gasteiger partial charge in [-0.2, -0.15) is 39.5 Å². The molecule has 3 N–H and O–H groups in total. The van der Waals surface area contributed by atoms with Gasteiger partial charge in [-0.3, -0.25) is 13.7 Å². The molecule has 78 heavy (non-hydrogen) atoms.